The van der Waals surface area contributed by atoms with Gasteiger partial charge in [0, 0.05) is 25.8 Å². The summed E-state index contributed by atoms with van der Waals surface area (Å²) in [5.74, 6) is 1.03. The lowest BCUT2D eigenvalue weighted by Gasteiger charge is -2.16. The Morgan fingerprint density at radius 3 is 2.29 bits per heavy atom. The average molecular weight is 225 g/mol. The minimum absolute atomic E-state index is 0.549. The third kappa shape index (κ3) is 1.89. The molecule has 0 radical (unpaired) electrons. The molecule has 3 rings (SSSR count). The molecular formula is C14H15N3. The van der Waals surface area contributed by atoms with Crippen molar-refractivity contribution in [1.82, 2.24) is 4.98 Å². The second-order valence-corrected chi connectivity index (χ2v) is 4.35. The Balaban J connectivity index is 1.83. The summed E-state index contributed by atoms with van der Waals surface area (Å²) in [6, 6.07) is 12.6. The van der Waals surface area contributed by atoms with Crippen LogP contribution in [-0.4, -0.2) is 4.98 Å². The molecule has 3 heteroatoms. The maximum Gasteiger partial charge on any atom is 0.129 e. The highest BCUT2D eigenvalue weighted by atomic mass is 15.2. The Morgan fingerprint density at radius 1 is 1.06 bits per heavy atom. The van der Waals surface area contributed by atoms with Gasteiger partial charge in [0.25, 0.3) is 0 Å². The van der Waals surface area contributed by atoms with Crippen molar-refractivity contribution >= 4 is 5.82 Å². The first-order valence-electron chi connectivity index (χ1n) is 5.83. The topological polar surface area (TPSA) is 42.1 Å². The zero-order valence-corrected chi connectivity index (χ0v) is 9.63. The monoisotopic (exact) mass is 225 g/mol. The Hall–Kier alpha value is -1.87. The number of nitrogens with zero attached hydrogens (tertiary/aromatic N) is 2. The molecule has 0 fully saturated rings. The molecule has 0 aliphatic carbocycles. The predicted molar refractivity (Wildman–Crippen MR) is 68.5 cm³/mol. The number of rotatable bonds is 2. The van der Waals surface area contributed by atoms with Crippen molar-refractivity contribution in [2.45, 2.75) is 19.6 Å². The van der Waals surface area contributed by atoms with Crippen molar-refractivity contribution in [1.29, 1.82) is 0 Å². The molecule has 0 saturated carbocycles. The average Bonchev–Trinajstić information content (AvgIpc) is 2.82. The van der Waals surface area contributed by atoms with Gasteiger partial charge >= 0.3 is 0 Å². The predicted octanol–water partition coefficient (Wildman–Crippen LogP) is 2.06. The second kappa shape index (κ2) is 4.18. The maximum atomic E-state index is 5.57. The summed E-state index contributed by atoms with van der Waals surface area (Å²) in [5.41, 5.74) is 9.44. The number of pyridine rings is 1. The van der Waals surface area contributed by atoms with Crippen LogP contribution in [0, 0.1) is 0 Å². The van der Waals surface area contributed by atoms with Gasteiger partial charge in [0.2, 0.25) is 0 Å². The minimum Gasteiger partial charge on any atom is -0.348 e. The normalized spacial score (nSPS) is 13.8. The number of anilines is 1. The van der Waals surface area contributed by atoms with E-state index < -0.39 is 0 Å². The molecule has 1 aromatic heterocycles. The lowest BCUT2D eigenvalue weighted by Crippen LogP contribution is -2.16. The summed E-state index contributed by atoms with van der Waals surface area (Å²) in [4.78, 5) is 6.74. The van der Waals surface area contributed by atoms with E-state index in [1.807, 2.05) is 18.3 Å². The third-order valence-corrected chi connectivity index (χ3v) is 3.21. The quantitative estimate of drug-likeness (QED) is 0.850. The summed E-state index contributed by atoms with van der Waals surface area (Å²) >= 11 is 0. The van der Waals surface area contributed by atoms with Crippen LogP contribution >= 0.6 is 0 Å². The van der Waals surface area contributed by atoms with Gasteiger partial charge in [-0.15, -0.1) is 0 Å². The lowest BCUT2D eigenvalue weighted by atomic mass is 10.1. The fraction of sp³-hybridized carbons (Fsp3) is 0.214. The van der Waals surface area contributed by atoms with Gasteiger partial charge in [-0.1, -0.05) is 30.3 Å². The maximum absolute atomic E-state index is 5.57. The molecule has 1 aliphatic rings. The van der Waals surface area contributed by atoms with E-state index in [1.165, 1.54) is 11.1 Å². The molecule has 0 bridgehead atoms. The highest BCUT2D eigenvalue weighted by Crippen LogP contribution is 2.26. The SMILES string of the molecule is NCc1ccc(N2Cc3ccccc3C2)nc1. The molecule has 2 N–H and O–H groups in total. The number of benzene rings is 1. The first-order valence-corrected chi connectivity index (χ1v) is 5.83. The number of aromatic nitrogens is 1. The highest BCUT2D eigenvalue weighted by Gasteiger charge is 2.18. The zero-order chi connectivity index (χ0) is 11.7. The van der Waals surface area contributed by atoms with E-state index >= 15 is 0 Å². The third-order valence-electron chi connectivity index (χ3n) is 3.21. The van der Waals surface area contributed by atoms with Gasteiger partial charge in [-0.25, -0.2) is 4.98 Å². The van der Waals surface area contributed by atoms with Crippen LogP contribution in [0.25, 0.3) is 0 Å². The Morgan fingerprint density at radius 2 is 1.76 bits per heavy atom. The molecular weight excluding hydrogens is 210 g/mol. The molecule has 0 saturated heterocycles. The van der Waals surface area contributed by atoms with Gasteiger partial charge < -0.3 is 10.6 Å². The Kier molecular flexibility index (Phi) is 2.53. The summed E-state index contributed by atoms with van der Waals surface area (Å²) in [6.45, 7) is 2.45. The largest absolute Gasteiger partial charge is 0.348 e. The van der Waals surface area contributed by atoms with Crippen molar-refractivity contribution in [2.24, 2.45) is 5.73 Å². The van der Waals surface area contributed by atoms with Crippen molar-refractivity contribution in [3.63, 3.8) is 0 Å². The Labute approximate surface area is 101 Å². The van der Waals surface area contributed by atoms with Crippen LogP contribution in [0.1, 0.15) is 16.7 Å². The van der Waals surface area contributed by atoms with Gasteiger partial charge in [0.15, 0.2) is 0 Å². The summed E-state index contributed by atoms with van der Waals surface area (Å²) in [6.07, 6.45) is 1.86. The van der Waals surface area contributed by atoms with Gasteiger partial charge in [-0.3, -0.25) is 0 Å². The van der Waals surface area contributed by atoms with E-state index in [0.29, 0.717) is 6.54 Å². The molecule has 0 atom stereocenters. The Bertz CT molecular complexity index is 494. The fourth-order valence-corrected chi connectivity index (χ4v) is 2.22. The van der Waals surface area contributed by atoms with Crippen molar-refractivity contribution < 1.29 is 0 Å². The van der Waals surface area contributed by atoms with E-state index in [2.05, 4.69) is 34.1 Å². The van der Waals surface area contributed by atoms with Crippen molar-refractivity contribution in [2.75, 3.05) is 4.90 Å². The van der Waals surface area contributed by atoms with Crippen LogP contribution in [0.5, 0.6) is 0 Å². The van der Waals surface area contributed by atoms with E-state index in [9.17, 15) is 0 Å². The summed E-state index contributed by atoms with van der Waals surface area (Å²) in [7, 11) is 0. The van der Waals surface area contributed by atoms with E-state index in [0.717, 1.165) is 24.5 Å². The van der Waals surface area contributed by atoms with Crippen LogP contribution in [0.15, 0.2) is 42.6 Å². The first-order chi connectivity index (χ1) is 8.36. The number of hydrogen-bond acceptors (Lipinski definition) is 3. The number of hydrogen-bond donors (Lipinski definition) is 1. The molecule has 86 valence electrons. The van der Waals surface area contributed by atoms with Crippen molar-refractivity contribution in [3.8, 4) is 0 Å². The van der Waals surface area contributed by atoms with Gasteiger partial charge in [0.05, 0.1) is 0 Å². The van der Waals surface area contributed by atoms with Gasteiger partial charge in [-0.05, 0) is 22.8 Å². The van der Waals surface area contributed by atoms with Crippen LogP contribution < -0.4 is 10.6 Å². The first kappa shape index (κ1) is 10.3. The smallest absolute Gasteiger partial charge is 0.129 e. The molecule has 2 aromatic rings. The second-order valence-electron chi connectivity index (χ2n) is 4.35. The zero-order valence-electron chi connectivity index (χ0n) is 9.63. The molecule has 0 amide bonds. The van der Waals surface area contributed by atoms with Crippen LogP contribution in [0.4, 0.5) is 5.82 Å². The van der Waals surface area contributed by atoms with Crippen LogP contribution in [-0.2, 0) is 19.6 Å². The van der Waals surface area contributed by atoms with E-state index in [1.54, 1.807) is 0 Å². The van der Waals surface area contributed by atoms with E-state index in [4.69, 9.17) is 5.73 Å². The van der Waals surface area contributed by atoms with Gasteiger partial charge in [0.1, 0.15) is 5.82 Å². The standard InChI is InChI=1S/C14H15N3/c15-7-11-5-6-14(16-8-11)17-9-12-3-1-2-4-13(12)10-17/h1-6,8H,7,9-10,15H2. The van der Waals surface area contributed by atoms with Crippen LogP contribution in [0.2, 0.25) is 0 Å². The number of nitrogens with two attached hydrogens (primary N) is 1. The van der Waals surface area contributed by atoms with Crippen LogP contribution in [0.3, 0.4) is 0 Å². The molecule has 0 unspecified atom stereocenters. The minimum atomic E-state index is 0.549. The summed E-state index contributed by atoms with van der Waals surface area (Å²) < 4.78 is 0. The lowest BCUT2D eigenvalue weighted by molar-refractivity contribution is 0.853. The highest BCUT2D eigenvalue weighted by molar-refractivity contribution is 5.47. The van der Waals surface area contributed by atoms with Gasteiger partial charge in [-0.2, -0.15) is 0 Å². The molecule has 17 heavy (non-hydrogen) atoms. The molecule has 1 aromatic carbocycles. The fourth-order valence-electron chi connectivity index (χ4n) is 2.22. The number of fused-ring (bicyclic) bond motifs is 1. The molecule has 3 nitrogen and oxygen atoms in total. The molecule has 1 aliphatic heterocycles. The van der Waals surface area contributed by atoms with Crippen molar-refractivity contribution in [3.05, 3.63) is 59.3 Å². The van der Waals surface area contributed by atoms with E-state index in [-0.39, 0.29) is 0 Å². The summed E-state index contributed by atoms with van der Waals surface area (Å²) in [5, 5.41) is 0. The molecule has 0 spiro atoms. The molecule has 2 heterocycles.